The molecular weight excluding hydrogens is 190 g/mol. The molecule has 0 bridgehead atoms. The van der Waals surface area contributed by atoms with Crippen LogP contribution in [0.5, 0.6) is 0 Å². The van der Waals surface area contributed by atoms with Gasteiger partial charge in [-0.25, -0.2) is 12.7 Å². The van der Waals surface area contributed by atoms with Crippen LogP contribution in [0.4, 0.5) is 0 Å². The summed E-state index contributed by atoms with van der Waals surface area (Å²) >= 11 is 0. The molecular formula is C8H15NO3S. The van der Waals surface area contributed by atoms with E-state index in [0.717, 1.165) is 9.71 Å². The molecule has 0 aromatic heterocycles. The SMILES string of the molecule is CC.CC(=O)N1C(C)C=CS1(=O)=O. The third-order valence-corrected chi connectivity index (χ3v) is 3.12. The van der Waals surface area contributed by atoms with E-state index >= 15 is 0 Å². The molecule has 1 aliphatic heterocycles. The first-order valence-electron chi connectivity index (χ1n) is 4.18. The molecule has 0 spiro atoms. The zero-order valence-electron chi connectivity index (χ0n) is 8.31. The molecule has 1 unspecified atom stereocenters. The lowest BCUT2D eigenvalue weighted by atomic mass is 10.3. The number of sulfonamides is 1. The van der Waals surface area contributed by atoms with Crippen molar-refractivity contribution in [1.82, 2.24) is 4.31 Å². The van der Waals surface area contributed by atoms with Crippen LogP contribution in [-0.2, 0) is 14.8 Å². The summed E-state index contributed by atoms with van der Waals surface area (Å²) in [4.78, 5) is 10.8. The minimum Gasteiger partial charge on any atom is -0.274 e. The number of hydrogen-bond donors (Lipinski definition) is 0. The minimum absolute atomic E-state index is 0.336. The molecule has 1 atom stereocenters. The predicted octanol–water partition coefficient (Wildman–Crippen LogP) is 1.11. The first kappa shape index (κ1) is 12.2. The molecule has 0 fully saturated rings. The van der Waals surface area contributed by atoms with Crippen molar-refractivity contribution in [3.8, 4) is 0 Å². The lowest BCUT2D eigenvalue weighted by Crippen LogP contribution is -2.35. The molecule has 0 aromatic carbocycles. The van der Waals surface area contributed by atoms with Gasteiger partial charge in [0.2, 0.25) is 5.91 Å². The third-order valence-electron chi connectivity index (χ3n) is 1.48. The maximum Gasteiger partial charge on any atom is 0.259 e. The molecule has 0 saturated heterocycles. The Balaban J connectivity index is 0.000000671. The number of amides is 1. The van der Waals surface area contributed by atoms with Gasteiger partial charge < -0.3 is 0 Å². The summed E-state index contributed by atoms with van der Waals surface area (Å²) in [5.41, 5.74) is 0. The fourth-order valence-electron chi connectivity index (χ4n) is 1.05. The highest BCUT2D eigenvalue weighted by atomic mass is 32.2. The highest BCUT2D eigenvalue weighted by Crippen LogP contribution is 2.17. The van der Waals surface area contributed by atoms with Crippen LogP contribution in [0, 0.1) is 0 Å². The fourth-order valence-corrected chi connectivity index (χ4v) is 2.50. The van der Waals surface area contributed by atoms with Crippen molar-refractivity contribution < 1.29 is 13.2 Å². The molecule has 1 amide bonds. The van der Waals surface area contributed by atoms with Gasteiger partial charge in [0.05, 0.1) is 6.04 Å². The van der Waals surface area contributed by atoms with Gasteiger partial charge in [-0.3, -0.25) is 4.79 Å². The van der Waals surface area contributed by atoms with Gasteiger partial charge in [-0.2, -0.15) is 0 Å². The van der Waals surface area contributed by atoms with E-state index in [1.807, 2.05) is 13.8 Å². The fraction of sp³-hybridized carbons (Fsp3) is 0.625. The van der Waals surface area contributed by atoms with Crippen molar-refractivity contribution in [2.45, 2.75) is 33.7 Å². The summed E-state index contributed by atoms with van der Waals surface area (Å²) < 4.78 is 22.9. The monoisotopic (exact) mass is 205 g/mol. The van der Waals surface area contributed by atoms with Crippen LogP contribution in [-0.4, -0.2) is 24.7 Å². The van der Waals surface area contributed by atoms with E-state index < -0.39 is 15.9 Å². The number of rotatable bonds is 0. The Bertz CT molecular complexity index is 305. The van der Waals surface area contributed by atoms with Crippen LogP contribution in [0.25, 0.3) is 0 Å². The summed E-state index contributed by atoms with van der Waals surface area (Å²) in [6.45, 7) is 6.89. The van der Waals surface area contributed by atoms with Gasteiger partial charge in [-0.1, -0.05) is 13.8 Å². The topological polar surface area (TPSA) is 54.5 Å². The molecule has 1 rings (SSSR count). The Morgan fingerprint density at radius 3 is 2.00 bits per heavy atom. The van der Waals surface area contributed by atoms with E-state index in [1.165, 1.54) is 13.0 Å². The predicted molar refractivity (Wildman–Crippen MR) is 51.4 cm³/mol. The number of nitrogens with zero attached hydrogens (tertiary/aromatic N) is 1. The van der Waals surface area contributed by atoms with Gasteiger partial charge in [0.1, 0.15) is 0 Å². The molecule has 76 valence electrons. The van der Waals surface area contributed by atoms with E-state index in [1.54, 1.807) is 6.92 Å². The summed E-state index contributed by atoms with van der Waals surface area (Å²) in [5.74, 6) is -0.442. The number of carbonyl (C=O) groups is 1. The lowest BCUT2D eigenvalue weighted by molar-refractivity contribution is -0.124. The maximum atomic E-state index is 11.0. The highest BCUT2D eigenvalue weighted by Gasteiger charge is 2.31. The first-order valence-corrected chi connectivity index (χ1v) is 5.68. The smallest absolute Gasteiger partial charge is 0.259 e. The summed E-state index contributed by atoms with van der Waals surface area (Å²) in [6.07, 6.45) is 1.48. The molecule has 4 nitrogen and oxygen atoms in total. The highest BCUT2D eigenvalue weighted by molar-refractivity contribution is 7.92. The molecule has 5 heteroatoms. The Kier molecular flexibility index (Phi) is 4.13. The van der Waals surface area contributed by atoms with Crippen LogP contribution in [0.3, 0.4) is 0 Å². The van der Waals surface area contributed by atoms with Gasteiger partial charge in [0.25, 0.3) is 10.0 Å². The van der Waals surface area contributed by atoms with E-state index in [-0.39, 0.29) is 6.04 Å². The van der Waals surface area contributed by atoms with Gasteiger partial charge in [-0.15, -0.1) is 0 Å². The van der Waals surface area contributed by atoms with Gasteiger partial charge >= 0.3 is 0 Å². The molecule has 0 saturated carbocycles. The van der Waals surface area contributed by atoms with Crippen LogP contribution in [0.15, 0.2) is 11.5 Å². The molecule has 0 aliphatic carbocycles. The Morgan fingerprint density at radius 1 is 1.38 bits per heavy atom. The summed E-state index contributed by atoms with van der Waals surface area (Å²) in [7, 11) is -3.43. The van der Waals surface area contributed by atoms with Gasteiger partial charge in [0.15, 0.2) is 0 Å². The van der Waals surface area contributed by atoms with Crippen LogP contribution >= 0.6 is 0 Å². The van der Waals surface area contributed by atoms with Crippen molar-refractivity contribution in [2.75, 3.05) is 0 Å². The van der Waals surface area contributed by atoms with Gasteiger partial charge in [0, 0.05) is 12.3 Å². The Hall–Kier alpha value is -0.840. The van der Waals surface area contributed by atoms with Gasteiger partial charge in [-0.05, 0) is 13.0 Å². The second-order valence-corrected chi connectivity index (χ2v) is 4.12. The second-order valence-electron chi connectivity index (χ2n) is 2.43. The molecule has 1 aliphatic rings. The summed E-state index contributed by atoms with van der Waals surface area (Å²) in [5, 5.41) is 1.05. The number of hydrogen-bond acceptors (Lipinski definition) is 3. The third kappa shape index (κ3) is 2.55. The normalized spacial score (nSPS) is 23.7. The van der Waals surface area contributed by atoms with Crippen LogP contribution in [0.1, 0.15) is 27.7 Å². The average Bonchev–Trinajstić information content (AvgIpc) is 2.29. The Morgan fingerprint density at radius 2 is 1.85 bits per heavy atom. The second kappa shape index (κ2) is 4.41. The molecule has 0 aromatic rings. The standard InChI is InChI=1S/C6H9NO3S.C2H6/c1-5-3-4-11(9,10)7(5)6(2)8;1-2/h3-5H,1-2H3;1-2H3. The van der Waals surface area contributed by atoms with Crippen molar-refractivity contribution >= 4 is 15.9 Å². The van der Waals surface area contributed by atoms with Crippen LogP contribution < -0.4 is 0 Å². The van der Waals surface area contributed by atoms with Crippen molar-refractivity contribution in [2.24, 2.45) is 0 Å². The zero-order valence-corrected chi connectivity index (χ0v) is 9.13. The molecule has 0 radical (unpaired) electrons. The Labute approximate surface area is 79.3 Å². The molecule has 0 N–H and O–H groups in total. The first-order chi connectivity index (χ1) is 5.95. The van der Waals surface area contributed by atoms with Crippen molar-refractivity contribution in [3.63, 3.8) is 0 Å². The largest absolute Gasteiger partial charge is 0.274 e. The summed E-state index contributed by atoms with van der Waals surface area (Å²) in [6, 6.07) is -0.336. The van der Waals surface area contributed by atoms with Crippen molar-refractivity contribution in [1.29, 1.82) is 0 Å². The minimum atomic E-state index is -3.43. The lowest BCUT2D eigenvalue weighted by Gasteiger charge is -2.17. The van der Waals surface area contributed by atoms with E-state index in [4.69, 9.17) is 0 Å². The van der Waals surface area contributed by atoms with E-state index in [9.17, 15) is 13.2 Å². The van der Waals surface area contributed by atoms with E-state index in [2.05, 4.69) is 0 Å². The van der Waals surface area contributed by atoms with E-state index in [0.29, 0.717) is 0 Å². The number of carbonyl (C=O) groups excluding carboxylic acids is 1. The quantitative estimate of drug-likeness (QED) is 0.595. The maximum absolute atomic E-state index is 11.0. The molecule has 13 heavy (non-hydrogen) atoms. The van der Waals surface area contributed by atoms with Crippen LogP contribution in [0.2, 0.25) is 0 Å². The van der Waals surface area contributed by atoms with Crippen molar-refractivity contribution in [3.05, 3.63) is 11.5 Å². The zero-order chi connectivity index (χ0) is 10.6. The average molecular weight is 205 g/mol. The molecule has 1 heterocycles.